The maximum absolute atomic E-state index is 11.7. The quantitative estimate of drug-likeness (QED) is 0.807. The molecule has 0 unspecified atom stereocenters. The van der Waals surface area contributed by atoms with Gasteiger partial charge in [-0.05, 0) is 40.5 Å². The van der Waals surface area contributed by atoms with Crippen LogP contribution in [0.15, 0.2) is 45.6 Å². The average Bonchev–Trinajstić information content (AvgIpc) is 2.74. The van der Waals surface area contributed by atoms with E-state index in [4.69, 9.17) is 4.42 Å². The van der Waals surface area contributed by atoms with E-state index in [1.807, 2.05) is 18.2 Å². The summed E-state index contributed by atoms with van der Waals surface area (Å²) in [6.45, 7) is 0. The zero-order valence-corrected chi connectivity index (χ0v) is 10.1. The van der Waals surface area contributed by atoms with Crippen molar-refractivity contribution in [3.8, 4) is 0 Å². The molecule has 0 radical (unpaired) electrons. The van der Waals surface area contributed by atoms with Crippen molar-refractivity contribution in [3.63, 3.8) is 0 Å². The van der Waals surface area contributed by atoms with Gasteiger partial charge in [-0.15, -0.1) is 0 Å². The lowest BCUT2D eigenvalue weighted by molar-refractivity contribution is 0.0954. The Bertz CT molecular complexity index is 479. The lowest BCUT2D eigenvalue weighted by Gasteiger charge is -1.98. The second-order valence-corrected chi connectivity index (χ2v) is 4.20. The van der Waals surface area contributed by atoms with E-state index in [2.05, 4.69) is 20.9 Å². The van der Waals surface area contributed by atoms with Gasteiger partial charge in [-0.3, -0.25) is 9.78 Å². The second kappa shape index (κ2) is 5.07. The molecule has 82 valence electrons. The SMILES string of the molecule is O=C(CCc1ccccn1)c1occc1Br. The van der Waals surface area contributed by atoms with Gasteiger partial charge in [-0.2, -0.15) is 0 Å². The van der Waals surface area contributed by atoms with Crippen molar-refractivity contribution in [3.05, 3.63) is 52.7 Å². The molecule has 4 heteroatoms. The fraction of sp³-hybridized carbons (Fsp3) is 0.167. The number of hydrogen-bond donors (Lipinski definition) is 0. The number of hydrogen-bond acceptors (Lipinski definition) is 3. The van der Waals surface area contributed by atoms with Crippen molar-refractivity contribution in [2.24, 2.45) is 0 Å². The zero-order valence-electron chi connectivity index (χ0n) is 8.52. The zero-order chi connectivity index (χ0) is 11.4. The minimum atomic E-state index is -0.0115. The lowest BCUT2D eigenvalue weighted by Crippen LogP contribution is -2.01. The number of Topliss-reactive ketones (excluding diaryl/α,β-unsaturated/α-hetero) is 1. The Morgan fingerprint density at radius 1 is 1.38 bits per heavy atom. The van der Waals surface area contributed by atoms with Gasteiger partial charge in [-0.25, -0.2) is 0 Å². The van der Waals surface area contributed by atoms with Crippen LogP contribution in [0.3, 0.4) is 0 Å². The smallest absolute Gasteiger partial charge is 0.199 e. The molecule has 0 aliphatic carbocycles. The first-order valence-electron chi connectivity index (χ1n) is 4.93. The molecule has 2 aromatic rings. The lowest BCUT2D eigenvalue weighted by atomic mass is 10.1. The normalized spacial score (nSPS) is 10.3. The van der Waals surface area contributed by atoms with Crippen LogP contribution in [0.2, 0.25) is 0 Å². The summed E-state index contributed by atoms with van der Waals surface area (Å²) >= 11 is 3.26. The van der Waals surface area contributed by atoms with Gasteiger partial charge >= 0.3 is 0 Å². The summed E-state index contributed by atoms with van der Waals surface area (Å²) < 4.78 is 5.80. The molecular weight excluding hydrogens is 270 g/mol. The highest BCUT2D eigenvalue weighted by Crippen LogP contribution is 2.19. The number of pyridine rings is 1. The van der Waals surface area contributed by atoms with Crippen LogP contribution in [0.1, 0.15) is 22.7 Å². The monoisotopic (exact) mass is 279 g/mol. The highest BCUT2D eigenvalue weighted by atomic mass is 79.9. The van der Waals surface area contributed by atoms with Crippen LogP contribution >= 0.6 is 15.9 Å². The van der Waals surface area contributed by atoms with Gasteiger partial charge in [0.25, 0.3) is 0 Å². The molecule has 0 aromatic carbocycles. The Kier molecular flexibility index (Phi) is 3.51. The maximum Gasteiger partial charge on any atom is 0.199 e. The molecule has 2 aromatic heterocycles. The summed E-state index contributed by atoms with van der Waals surface area (Å²) in [5.74, 6) is 0.374. The van der Waals surface area contributed by atoms with Gasteiger partial charge in [0.1, 0.15) is 0 Å². The molecule has 0 saturated heterocycles. The fourth-order valence-electron chi connectivity index (χ4n) is 1.39. The fourth-order valence-corrected chi connectivity index (χ4v) is 1.82. The van der Waals surface area contributed by atoms with Gasteiger partial charge in [0.2, 0.25) is 0 Å². The van der Waals surface area contributed by atoms with Gasteiger partial charge in [0.15, 0.2) is 11.5 Å². The summed E-state index contributed by atoms with van der Waals surface area (Å²) in [6, 6.07) is 7.39. The molecule has 16 heavy (non-hydrogen) atoms. The molecule has 0 fully saturated rings. The third-order valence-corrected chi connectivity index (χ3v) is 2.83. The highest BCUT2D eigenvalue weighted by Gasteiger charge is 2.13. The molecule has 2 rings (SSSR count). The first-order chi connectivity index (χ1) is 7.77. The van der Waals surface area contributed by atoms with Crippen molar-refractivity contribution in [2.45, 2.75) is 12.8 Å². The number of aryl methyl sites for hydroxylation is 1. The average molecular weight is 280 g/mol. The first-order valence-corrected chi connectivity index (χ1v) is 5.73. The van der Waals surface area contributed by atoms with Crippen molar-refractivity contribution < 1.29 is 9.21 Å². The number of nitrogens with zero attached hydrogens (tertiary/aromatic N) is 1. The predicted molar refractivity (Wildman–Crippen MR) is 63.3 cm³/mol. The highest BCUT2D eigenvalue weighted by molar-refractivity contribution is 9.10. The number of aromatic nitrogens is 1. The summed E-state index contributed by atoms with van der Waals surface area (Å²) in [4.78, 5) is 15.9. The number of furan rings is 1. The number of carbonyl (C=O) groups excluding carboxylic acids is 1. The van der Waals surface area contributed by atoms with Crippen molar-refractivity contribution in [1.29, 1.82) is 0 Å². The molecule has 0 aliphatic rings. The summed E-state index contributed by atoms with van der Waals surface area (Å²) in [5, 5.41) is 0. The van der Waals surface area contributed by atoms with Crippen molar-refractivity contribution in [2.75, 3.05) is 0 Å². The molecule has 0 saturated carbocycles. The maximum atomic E-state index is 11.7. The largest absolute Gasteiger partial charge is 0.460 e. The molecule has 2 heterocycles. The van der Waals surface area contributed by atoms with Crippen LogP contribution in [0.25, 0.3) is 0 Å². The van der Waals surface area contributed by atoms with E-state index in [0.29, 0.717) is 23.1 Å². The Balaban J connectivity index is 1.97. The van der Waals surface area contributed by atoms with E-state index < -0.39 is 0 Å². The van der Waals surface area contributed by atoms with E-state index >= 15 is 0 Å². The van der Waals surface area contributed by atoms with Gasteiger partial charge in [0, 0.05) is 18.3 Å². The minimum Gasteiger partial charge on any atom is -0.460 e. The van der Waals surface area contributed by atoms with Crippen molar-refractivity contribution >= 4 is 21.7 Å². The van der Waals surface area contributed by atoms with Crippen molar-refractivity contribution in [1.82, 2.24) is 4.98 Å². The third-order valence-electron chi connectivity index (χ3n) is 2.20. The van der Waals surface area contributed by atoms with Gasteiger partial charge in [-0.1, -0.05) is 6.07 Å². The molecule has 3 nitrogen and oxygen atoms in total. The summed E-state index contributed by atoms with van der Waals surface area (Å²) in [5.41, 5.74) is 0.915. The third kappa shape index (κ3) is 2.58. The summed E-state index contributed by atoms with van der Waals surface area (Å²) in [7, 11) is 0. The van der Waals surface area contributed by atoms with E-state index in [1.54, 1.807) is 12.3 Å². The molecular formula is C12H10BrNO2. The van der Waals surface area contributed by atoms with Crippen LogP contribution in [0, 0.1) is 0 Å². The standard InChI is InChI=1S/C12H10BrNO2/c13-10-6-8-16-12(10)11(15)5-4-9-3-1-2-7-14-9/h1-3,6-8H,4-5H2. The molecule has 0 atom stereocenters. The van der Waals surface area contributed by atoms with E-state index in [9.17, 15) is 4.79 Å². The number of carbonyl (C=O) groups is 1. The number of rotatable bonds is 4. The first kappa shape index (κ1) is 11.1. The van der Waals surface area contributed by atoms with E-state index in [0.717, 1.165) is 5.69 Å². The molecule has 0 amide bonds. The van der Waals surface area contributed by atoms with Crippen LogP contribution in [0.5, 0.6) is 0 Å². The Hall–Kier alpha value is -1.42. The summed E-state index contributed by atoms with van der Waals surface area (Å²) in [6.07, 6.45) is 4.26. The van der Waals surface area contributed by atoms with Crippen LogP contribution in [0.4, 0.5) is 0 Å². The Labute approximate surface area is 102 Å². The second-order valence-electron chi connectivity index (χ2n) is 3.34. The number of ketones is 1. The van der Waals surface area contributed by atoms with E-state index in [1.165, 1.54) is 6.26 Å². The Morgan fingerprint density at radius 2 is 2.25 bits per heavy atom. The minimum absolute atomic E-state index is 0.0115. The molecule has 0 N–H and O–H groups in total. The molecule has 0 aliphatic heterocycles. The molecule has 0 bridgehead atoms. The van der Waals surface area contributed by atoms with Gasteiger partial charge in [0.05, 0.1) is 10.7 Å². The Morgan fingerprint density at radius 3 is 2.88 bits per heavy atom. The van der Waals surface area contributed by atoms with Gasteiger partial charge < -0.3 is 4.42 Å². The predicted octanol–water partition coefficient (Wildman–Crippen LogP) is 3.25. The van der Waals surface area contributed by atoms with Crippen LogP contribution < -0.4 is 0 Å². The van der Waals surface area contributed by atoms with Crippen LogP contribution in [-0.4, -0.2) is 10.8 Å². The van der Waals surface area contributed by atoms with E-state index in [-0.39, 0.29) is 5.78 Å². The number of halogens is 1. The topological polar surface area (TPSA) is 43.1 Å². The van der Waals surface area contributed by atoms with Crippen LogP contribution in [-0.2, 0) is 6.42 Å². The molecule has 0 spiro atoms.